The average Bonchev–Trinajstić information content (AvgIpc) is 3.29. The van der Waals surface area contributed by atoms with Crippen LogP contribution in [-0.4, -0.2) is 44.3 Å². The van der Waals surface area contributed by atoms with E-state index in [4.69, 9.17) is 9.47 Å². The second-order valence-electron chi connectivity index (χ2n) is 6.04. The molecule has 0 amide bonds. The number of aromatic nitrogens is 5. The van der Waals surface area contributed by atoms with Gasteiger partial charge in [-0.2, -0.15) is 4.98 Å². The van der Waals surface area contributed by atoms with Crippen molar-refractivity contribution in [2.24, 2.45) is 0 Å². The highest BCUT2D eigenvalue weighted by molar-refractivity contribution is 7.15. The van der Waals surface area contributed by atoms with Crippen molar-refractivity contribution in [2.75, 3.05) is 19.0 Å². The molecule has 0 atom stereocenters. The highest BCUT2D eigenvalue weighted by Crippen LogP contribution is 2.25. The molecular weight excluding hydrogens is 392 g/mol. The number of aryl methyl sites for hydroxylation is 1. The Balaban J connectivity index is 1.73. The first-order chi connectivity index (χ1) is 14.1. The number of thiazole rings is 1. The number of benzene rings is 1. The van der Waals surface area contributed by atoms with Crippen molar-refractivity contribution >= 4 is 34.0 Å². The van der Waals surface area contributed by atoms with Crippen LogP contribution in [0, 0.1) is 6.92 Å². The SMILES string of the molecule is CCOC(=O)c1cnc(-c2ccc(OC)cc2)nc1Nc1nc2scc(C)n2n1. The number of rotatable bonds is 6. The number of nitrogens with zero attached hydrogens (tertiary/aromatic N) is 5. The number of carbonyl (C=O) groups excluding carboxylic acids is 1. The summed E-state index contributed by atoms with van der Waals surface area (Å²) in [6.45, 7) is 3.93. The van der Waals surface area contributed by atoms with E-state index in [-0.39, 0.29) is 18.0 Å². The minimum Gasteiger partial charge on any atom is -0.497 e. The van der Waals surface area contributed by atoms with E-state index in [1.807, 2.05) is 36.6 Å². The highest BCUT2D eigenvalue weighted by Gasteiger charge is 2.19. The quantitative estimate of drug-likeness (QED) is 0.482. The van der Waals surface area contributed by atoms with Crippen LogP contribution in [0.3, 0.4) is 0 Å². The van der Waals surface area contributed by atoms with Crippen LogP contribution in [0.15, 0.2) is 35.8 Å². The molecule has 0 spiro atoms. The molecule has 0 bridgehead atoms. The zero-order valence-corrected chi connectivity index (χ0v) is 16.9. The molecule has 0 aliphatic heterocycles. The maximum atomic E-state index is 12.4. The molecule has 1 aromatic carbocycles. The first kappa shape index (κ1) is 18.8. The zero-order valence-electron chi connectivity index (χ0n) is 16.0. The highest BCUT2D eigenvalue weighted by atomic mass is 32.1. The number of methoxy groups -OCH3 is 1. The minimum atomic E-state index is -0.520. The summed E-state index contributed by atoms with van der Waals surface area (Å²) in [5.74, 6) is 1.27. The summed E-state index contributed by atoms with van der Waals surface area (Å²) in [5, 5.41) is 9.42. The smallest absolute Gasteiger partial charge is 0.343 e. The van der Waals surface area contributed by atoms with E-state index < -0.39 is 5.97 Å². The molecule has 0 fully saturated rings. The number of hydrogen-bond acceptors (Lipinski definition) is 9. The Labute approximate surface area is 170 Å². The fourth-order valence-electron chi connectivity index (χ4n) is 2.67. The molecule has 0 aliphatic carbocycles. The Morgan fingerprint density at radius 3 is 2.72 bits per heavy atom. The second-order valence-corrected chi connectivity index (χ2v) is 6.87. The first-order valence-electron chi connectivity index (χ1n) is 8.85. The van der Waals surface area contributed by atoms with E-state index in [2.05, 4.69) is 25.4 Å². The summed E-state index contributed by atoms with van der Waals surface area (Å²) in [6, 6.07) is 7.32. The number of hydrogen-bond donors (Lipinski definition) is 1. The molecule has 1 N–H and O–H groups in total. The number of nitrogens with one attached hydrogen (secondary N) is 1. The number of fused-ring (bicyclic) bond motifs is 1. The van der Waals surface area contributed by atoms with E-state index in [9.17, 15) is 4.79 Å². The largest absolute Gasteiger partial charge is 0.497 e. The maximum Gasteiger partial charge on any atom is 0.343 e. The minimum absolute atomic E-state index is 0.207. The van der Waals surface area contributed by atoms with Crippen LogP contribution in [0.5, 0.6) is 5.75 Å². The normalized spacial score (nSPS) is 10.9. The molecule has 4 rings (SSSR count). The van der Waals surface area contributed by atoms with Gasteiger partial charge in [-0.05, 0) is 38.1 Å². The number of carbonyl (C=O) groups is 1. The summed E-state index contributed by atoms with van der Waals surface area (Å²) >= 11 is 1.48. The predicted octanol–water partition coefficient (Wildman–Crippen LogP) is 3.49. The molecule has 4 aromatic rings. The van der Waals surface area contributed by atoms with E-state index in [0.717, 1.165) is 22.0 Å². The Hall–Kier alpha value is -3.53. The van der Waals surface area contributed by atoms with Crippen LogP contribution in [0.4, 0.5) is 11.8 Å². The molecule has 10 heteroatoms. The fourth-order valence-corrected chi connectivity index (χ4v) is 3.46. The Bertz CT molecular complexity index is 1170. The Morgan fingerprint density at radius 1 is 1.24 bits per heavy atom. The van der Waals surface area contributed by atoms with Crippen LogP contribution in [0.2, 0.25) is 0 Å². The first-order valence-corrected chi connectivity index (χ1v) is 9.73. The topological polar surface area (TPSA) is 104 Å². The number of anilines is 2. The summed E-state index contributed by atoms with van der Waals surface area (Å²) < 4.78 is 12.0. The molecule has 29 heavy (non-hydrogen) atoms. The molecule has 0 unspecified atom stereocenters. The Morgan fingerprint density at radius 2 is 2.03 bits per heavy atom. The lowest BCUT2D eigenvalue weighted by Crippen LogP contribution is -2.11. The van der Waals surface area contributed by atoms with Gasteiger partial charge in [-0.25, -0.2) is 19.3 Å². The van der Waals surface area contributed by atoms with Gasteiger partial charge < -0.3 is 14.8 Å². The van der Waals surface area contributed by atoms with Gasteiger partial charge in [0.1, 0.15) is 11.3 Å². The third-order valence-electron chi connectivity index (χ3n) is 4.11. The lowest BCUT2D eigenvalue weighted by Gasteiger charge is -2.10. The van der Waals surface area contributed by atoms with E-state index in [0.29, 0.717) is 11.8 Å². The van der Waals surface area contributed by atoms with Crippen molar-refractivity contribution in [3.05, 3.63) is 47.1 Å². The summed E-state index contributed by atoms with van der Waals surface area (Å²) in [5.41, 5.74) is 1.95. The molecule has 0 saturated carbocycles. The van der Waals surface area contributed by atoms with Crippen molar-refractivity contribution in [2.45, 2.75) is 13.8 Å². The average molecular weight is 410 g/mol. The van der Waals surface area contributed by atoms with Crippen LogP contribution in [0.1, 0.15) is 23.0 Å². The molecule has 3 heterocycles. The monoisotopic (exact) mass is 410 g/mol. The maximum absolute atomic E-state index is 12.4. The van der Waals surface area contributed by atoms with Gasteiger partial charge in [0.25, 0.3) is 0 Å². The third kappa shape index (κ3) is 3.74. The molecule has 148 valence electrons. The van der Waals surface area contributed by atoms with Gasteiger partial charge in [0.15, 0.2) is 11.6 Å². The van der Waals surface area contributed by atoms with E-state index in [1.165, 1.54) is 17.5 Å². The molecule has 0 aliphatic rings. The van der Waals surface area contributed by atoms with Crippen LogP contribution < -0.4 is 10.1 Å². The van der Waals surface area contributed by atoms with Crippen molar-refractivity contribution in [1.29, 1.82) is 0 Å². The molecule has 9 nitrogen and oxygen atoms in total. The number of ether oxygens (including phenoxy) is 2. The van der Waals surface area contributed by atoms with Gasteiger partial charge in [0, 0.05) is 17.1 Å². The summed E-state index contributed by atoms with van der Waals surface area (Å²) in [7, 11) is 1.60. The molecule has 0 saturated heterocycles. The standard InChI is InChI=1S/C19H18N6O3S/c1-4-28-17(26)14-9-20-15(12-5-7-13(27-3)8-6-12)21-16(14)22-18-23-19-25(24-18)11(2)10-29-19/h5-10H,4H2,1-3H3,(H,20,21,22,24). The van der Waals surface area contributed by atoms with Crippen molar-refractivity contribution in [3.63, 3.8) is 0 Å². The zero-order chi connectivity index (χ0) is 20.4. The van der Waals surface area contributed by atoms with Gasteiger partial charge in [-0.15, -0.1) is 16.4 Å². The van der Waals surface area contributed by atoms with Gasteiger partial charge in [-0.3, -0.25) is 0 Å². The lowest BCUT2D eigenvalue weighted by atomic mass is 10.2. The number of esters is 1. The van der Waals surface area contributed by atoms with E-state index in [1.54, 1.807) is 18.5 Å². The molecular formula is C19H18N6O3S. The third-order valence-corrected chi connectivity index (χ3v) is 5.04. The van der Waals surface area contributed by atoms with Crippen molar-refractivity contribution < 1.29 is 14.3 Å². The van der Waals surface area contributed by atoms with Crippen molar-refractivity contribution in [1.82, 2.24) is 24.6 Å². The fraction of sp³-hybridized carbons (Fsp3) is 0.211. The summed E-state index contributed by atoms with van der Waals surface area (Å²) in [6.07, 6.45) is 1.44. The molecule has 0 radical (unpaired) electrons. The predicted molar refractivity (Wildman–Crippen MR) is 109 cm³/mol. The van der Waals surface area contributed by atoms with Gasteiger partial charge >= 0.3 is 5.97 Å². The van der Waals surface area contributed by atoms with Crippen LogP contribution in [0.25, 0.3) is 16.3 Å². The van der Waals surface area contributed by atoms with Gasteiger partial charge in [-0.1, -0.05) is 0 Å². The summed E-state index contributed by atoms with van der Waals surface area (Å²) in [4.78, 5) is 26.4. The Kier molecular flexibility index (Phi) is 5.09. The van der Waals surface area contributed by atoms with Crippen molar-refractivity contribution in [3.8, 4) is 17.1 Å². The van der Waals surface area contributed by atoms with Gasteiger partial charge in [0.2, 0.25) is 10.9 Å². The molecule has 3 aromatic heterocycles. The second kappa shape index (κ2) is 7.84. The lowest BCUT2D eigenvalue weighted by molar-refractivity contribution is 0.0526. The van der Waals surface area contributed by atoms with Crippen LogP contribution >= 0.6 is 11.3 Å². The van der Waals surface area contributed by atoms with E-state index >= 15 is 0 Å². The van der Waals surface area contributed by atoms with Gasteiger partial charge in [0.05, 0.1) is 19.4 Å². The van der Waals surface area contributed by atoms with Crippen LogP contribution in [-0.2, 0) is 4.74 Å².